The molecule has 130 valence electrons. The molecule has 2 amide bonds. The summed E-state index contributed by atoms with van der Waals surface area (Å²) in [6, 6.07) is 14.9. The van der Waals surface area contributed by atoms with Crippen molar-refractivity contribution < 1.29 is 14.3 Å². The van der Waals surface area contributed by atoms with Gasteiger partial charge in [0, 0.05) is 11.7 Å². The van der Waals surface area contributed by atoms with Gasteiger partial charge >= 0.3 is 0 Å². The van der Waals surface area contributed by atoms with Crippen LogP contribution in [0, 0.1) is 0 Å². The van der Waals surface area contributed by atoms with Gasteiger partial charge in [0.1, 0.15) is 5.75 Å². The van der Waals surface area contributed by atoms with Crippen LogP contribution >= 0.6 is 0 Å². The standard InChI is InChI=1S/C20H22N2O3/c1-13-10-17(20(21)24)16-8-3-4-9-18(16)22(13)19(23)12-14-6-5-7-15(11-14)25-2/h3-9,11,13,17H,10,12H2,1-2H3,(H2,21,24)/t13-,17+/m0/s1. The Hall–Kier alpha value is -2.82. The lowest BCUT2D eigenvalue weighted by molar-refractivity contribution is -0.121. The van der Waals surface area contributed by atoms with Crippen molar-refractivity contribution in [3.63, 3.8) is 0 Å². The fraction of sp³-hybridized carbons (Fsp3) is 0.300. The van der Waals surface area contributed by atoms with Gasteiger partial charge < -0.3 is 15.4 Å². The lowest BCUT2D eigenvalue weighted by Crippen LogP contribution is -2.45. The minimum Gasteiger partial charge on any atom is -0.497 e. The van der Waals surface area contributed by atoms with Crippen LogP contribution in [0.3, 0.4) is 0 Å². The molecule has 0 aromatic heterocycles. The molecule has 1 aliphatic rings. The van der Waals surface area contributed by atoms with Crippen LogP contribution in [0.15, 0.2) is 48.5 Å². The minimum absolute atomic E-state index is 0.00359. The van der Waals surface area contributed by atoms with E-state index in [0.29, 0.717) is 6.42 Å². The molecule has 0 spiro atoms. The van der Waals surface area contributed by atoms with Gasteiger partial charge in [-0.25, -0.2) is 0 Å². The van der Waals surface area contributed by atoms with Crippen LogP contribution in [0.25, 0.3) is 0 Å². The van der Waals surface area contributed by atoms with Gasteiger partial charge in [0.25, 0.3) is 0 Å². The number of anilines is 1. The fourth-order valence-corrected chi connectivity index (χ4v) is 3.50. The minimum atomic E-state index is -0.355. The van der Waals surface area contributed by atoms with Crippen LogP contribution in [0.4, 0.5) is 5.69 Å². The number of nitrogens with two attached hydrogens (primary N) is 1. The highest BCUT2D eigenvalue weighted by atomic mass is 16.5. The van der Waals surface area contributed by atoms with Crippen molar-refractivity contribution >= 4 is 17.5 Å². The summed E-state index contributed by atoms with van der Waals surface area (Å²) in [5.41, 5.74) is 8.06. The van der Waals surface area contributed by atoms with Crippen LogP contribution in [0.5, 0.6) is 5.75 Å². The number of carbonyl (C=O) groups excluding carboxylic acids is 2. The number of fused-ring (bicyclic) bond motifs is 1. The highest BCUT2D eigenvalue weighted by Crippen LogP contribution is 2.38. The predicted octanol–water partition coefficient (Wildman–Crippen LogP) is 2.63. The van der Waals surface area contributed by atoms with E-state index in [1.54, 1.807) is 12.0 Å². The summed E-state index contributed by atoms with van der Waals surface area (Å²) in [5, 5.41) is 0. The van der Waals surface area contributed by atoms with Crippen molar-refractivity contribution in [3.05, 3.63) is 59.7 Å². The molecule has 25 heavy (non-hydrogen) atoms. The van der Waals surface area contributed by atoms with E-state index in [1.165, 1.54) is 0 Å². The first-order valence-corrected chi connectivity index (χ1v) is 8.34. The second-order valence-electron chi connectivity index (χ2n) is 6.39. The van der Waals surface area contributed by atoms with Crippen LogP contribution in [0.1, 0.15) is 30.4 Å². The number of hydrogen-bond acceptors (Lipinski definition) is 3. The van der Waals surface area contributed by atoms with Gasteiger partial charge in [0.15, 0.2) is 0 Å². The van der Waals surface area contributed by atoms with Gasteiger partial charge in [-0.05, 0) is 42.7 Å². The number of para-hydroxylation sites is 1. The van der Waals surface area contributed by atoms with E-state index in [2.05, 4.69) is 0 Å². The van der Waals surface area contributed by atoms with Crippen LogP contribution in [-0.4, -0.2) is 25.0 Å². The maximum Gasteiger partial charge on any atom is 0.231 e. The number of nitrogens with zero attached hydrogens (tertiary/aromatic N) is 1. The van der Waals surface area contributed by atoms with Crippen LogP contribution in [0.2, 0.25) is 0 Å². The first-order chi connectivity index (χ1) is 12.0. The summed E-state index contributed by atoms with van der Waals surface area (Å²) in [7, 11) is 1.61. The molecule has 0 aliphatic carbocycles. The lowest BCUT2D eigenvalue weighted by Gasteiger charge is -2.38. The molecule has 2 aromatic rings. The molecule has 0 bridgehead atoms. The SMILES string of the molecule is COc1cccc(CC(=O)N2c3ccccc3[C@H](C(N)=O)C[C@@H]2C)c1. The Morgan fingerprint density at radius 1 is 1.20 bits per heavy atom. The average Bonchev–Trinajstić information content (AvgIpc) is 2.60. The van der Waals surface area contributed by atoms with Gasteiger partial charge in [-0.15, -0.1) is 0 Å². The number of hydrogen-bond donors (Lipinski definition) is 1. The largest absolute Gasteiger partial charge is 0.497 e. The van der Waals surface area contributed by atoms with Gasteiger partial charge in [-0.3, -0.25) is 9.59 Å². The molecule has 0 fully saturated rings. The predicted molar refractivity (Wildman–Crippen MR) is 96.6 cm³/mol. The Morgan fingerprint density at radius 2 is 1.96 bits per heavy atom. The summed E-state index contributed by atoms with van der Waals surface area (Å²) in [4.78, 5) is 26.6. The summed E-state index contributed by atoms with van der Waals surface area (Å²) < 4.78 is 5.22. The summed E-state index contributed by atoms with van der Waals surface area (Å²) in [5.74, 6) is 0.0218. The van der Waals surface area contributed by atoms with Crippen molar-refractivity contribution in [3.8, 4) is 5.75 Å². The van der Waals surface area contributed by atoms with E-state index in [9.17, 15) is 9.59 Å². The zero-order chi connectivity index (χ0) is 18.0. The molecule has 1 aliphatic heterocycles. The highest BCUT2D eigenvalue weighted by Gasteiger charge is 2.35. The first kappa shape index (κ1) is 17.0. The smallest absolute Gasteiger partial charge is 0.231 e. The molecule has 5 nitrogen and oxygen atoms in total. The topological polar surface area (TPSA) is 72.6 Å². The number of amides is 2. The van der Waals surface area contributed by atoms with Crippen LogP contribution < -0.4 is 15.4 Å². The molecule has 0 saturated carbocycles. The molecule has 0 radical (unpaired) electrons. The molecule has 5 heteroatoms. The molecular formula is C20H22N2O3. The number of methoxy groups -OCH3 is 1. The van der Waals surface area contributed by atoms with E-state index >= 15 is 0 Å². The zero-order valence-electron chi connectivity index (χ0n) is 14.4. The van der Waals surface area contributed by atoms with E-state index < -0.39 is 0 Å². The van der Waals surface area contributed by atoms with Crippen molar-refractivity contribution in [1.82, 2.24) is 0 Å². The molecule has 3 rings (SSSR count). The van der Waals surface area contributed by atoms with Gasteiger partial charge in [0.2, 0.25) is 11.8 Å². The van der Waals surface area contributed by atoms with Crippen molar-refractivity contribution in [2.24, 2.45) is 5.73 Å². The van der Waals surface area contributed by atoms with E-state index in [4.69, 9.17) is 10.5 Å². The third kappa shape index (κ3) is 3.36. The number of carbonyl (C=O) groups is 2. The molecule has 0 unspecified atom stereocenters. The molecule has 2 N–H and O–H groups in total. The third-order valence-electron chi connectivity index (χ3n) is 4.69. The van der Waals surface area contributed by atoms with Gasteiger partial charge in [-0.2, -0.15) is 0 Å². The van der Waals surface area contributed by atoms with Crippen molar-refractivity contribution in [2.75, 3.05) is 12.0 Å². The maximum atomic E-state index is 13.0. The Kier molecular flexibility index (Phi) is 4.74. The summed E-state index contributed by atoms with van der Waals surface area (Å²) in [6.45, 7) is 1.95. The van der Waals surface area contributed by atoms with Crippen molar-refractivity contribution in [2.45, 2.75) is 31.7 Å². The molecule has 0 saturated heterocycles. The second-order valence-corrected chi connectivity index (χ2v) is 6.39. The Labute approximate surface area is 147 Å². The number of benzene rings is 2. The normalized spacial score (nSPS) is 19.2. The van der Waals surface area contributed by atoms with Gasteiger partial charge in [0.05, 0.1) is 19.4 Å². The first-order valence-electron chi connectivity index (χ1n) is 8.34. The van der Waals surface area contributed by atoms with Crippen molar-refractivity contribution in [1.29, 1.82) is 0 Å². The Balaban J connectivity index is 1.91. The number of rotatable bonds is 4. The Bertz CT molecular complexity index is 803. The monoisotopic (exact) mass is 338 g/mol. The van der Waals surface area contributed by atoms with E-state index in [0.717, 1.165) is 22.6 Å². The fourth-order valence-electron chi connectivity index (χ4n) is 3.50. The summed E-state index contributed by atoms with van der Waals surface area (Å²) in [6.07, 6.45) is 0.813. The molecule has 2 atom stereocenters. The lowest BCUT2D eigenvalue weighted by atomic mass is 9.85. The summed E-state index contributed by atoms with van der Waals surface area (Å²) >= 11 is 0. The number of ether oxygens (including phenoxy) is 1. The second kappa shape index (κ2) is 6.97. The zero-order valence-corrected chi connectivity index (χ0v) is 14.4. The quantitative estimate of drug-likeness (QED) is 0.931. The van der Waals surface area contributed by atoms with Crippen LogP contribution in [-0.2, 0) is 16.0 Å². The average molecular weight is 338 g/mol. The number of primary amides is 1. The molecule has 2 aromatic carbocycles. The molecule has 1 heterocycles. The van der Waals surface area contributed by atoms with E-state index in [-0.39, 0.29) is 30.2 Å². The molecular weight excluding hydrogens is 316 g/mol. The third-order valence-corrected chi connectivity index (χ3v) is 4.69. The van der Waals surface area contributed by atoms with Gasteiger partial charge in [-0.1, -0.05) is 30.3 Å². The highest BCUT2D eigenvalue weighted by molar-refractivity contribution is 5.98. The maximum absolute atomic E-state index is 13.0. The Morgan fingerprint density at radius 3 is 2.68 bits per heavy atom. The van der Waals surface area contributed by atoms with E-state index in [1.807, 2.05) is 55.5 Å².